The van der Waals surface area contributed by atoms with E-state index in [-0.39, 0.29) is 6.79 Å². The highest BCUT2D eigenvalue weighted by molar-refractivity contribution is 5.96. The number of rotatable bonds is 3. The first-order valence-corrected chi connectivity index (χ1v) is 9.35. The quantitative estimate of drug-likeness (QED) is 0.808. The Hall–Kier alpha value is -3.02. The minimum absolute atomic E-state index is 0.289. The van der Waals surface area contributed by atoms with Gasteiger partial charge in [0.1, 0.15) is 0 Å². The van der Waals surface area contributed by atoms with Gasteiger partial charge < -0.3 is 28.6 Å². The molecule has 0 bridgehead atoms. The molecule has 2 aromatic rings. The van der Waals surface area contributed by atoms with Gasteiger partial charge in [-0.15, -0.1) is 0 Å². The average Bonchev–Trinajstić information content (AvgIpc) is 3.17. The molecule has 146 valence electrons. The summed E-state index contributed by atoms with van der Waals surface area (Å²) in [4.78, 5) is 2.28. The van der Waals surface area contributed by atoms with Crippen LogP contribution in [-0.4, -0.2) is 40.1 Å². The molecule has 0 saturated carbocycles. The van der Waals surface area contributed by atoms with Gasteiger partial charge in [0.2, 0.25) is 12.5 Å². The molecule has 0 amide bonds. The largest absolute Gasteiger partial charge is 0.493 e. The topological polar surface area (TPSA) is 49.4 Å². The van der Waals surface area contributed by atoms with Gasteiger partial charge in [0.05, 0.1) is 21.3 Å². The van der Waals surface area contributed by atoms with Crippen LogP contribution in [0.2, 0.25) is 0 Å². The first-order chi connectivity index (χ1) is 13.7. The summed E-state index contributed by atoms with van der Waals surface area (Å²) >= 11 is 0. The maximum Gasteiger partial charge on any atom is 0.231 e. The fourth-order valence-electron chi connectivity index (χ4n) is 4.61. The van der Waals surface area contributed by atoms with Crippen molar-refractivity contribution in [1.29, 1.82) is 0 Å². The number of hydrogen-bond acceptors (Lipinski definition) is 6. The second kappa shape index (κ2) is 6.26. The molecule has 1 aliphatic carbocycles. The first kappa shape index (κ1) is 17.1. The van der Waals surface area contributed by atoms with E-state index in [4.69, 9.17) is 23.7 Å². The maximum atomic E-state index is 5.74. The Kier molecular flexibility index (Phi) is 3.82. The predicted molar refractivity (Wildman–Crippen MR) is 105 cm³/mol. The number of hydrogen-bond donors (Lipinski definition) is 0. The van der Waals surface area contributed by atoms with Crippen LogP contribution >= 0.6 is 0 Å². The molecule has 0 radical (unpaired) electrons. The van der Waals surface area contributed by atoms with Crippen molar-refractivity contribution in [2.75, 3.05) is 35.2 Å². The standard InChI is InChI=1S/C22H23NO5/c1-23-10-16-15(9-19(24-2)22(26-4)21(16)25-3)13-6-5-12-7-17-18(28-11-27-17)8-14(12)20(13)23/h7-9H,5-6,10-11H2,1-4H3. The molecule has 0 N–H and O–H groups in total. The van der Waals surface area contributed by atoms with E-state index in [9.17, 15) is 0 Å². The zero-order chi connectivity index (χ0) is 19.4. The van der Waals surface area contributed by atoms with E-state index in [0.29, 0.717) is 11.5 Å². The molecule has 2 heterocycles. The molecule has 0 fully saturated rings. The Morgan fingerprint density at radius 2 is 1.61 bits per heavy atom. The first-order valence-electron chi connectivity index (χ1n) is 9.35. The van der Waals surface area contributed by atoms with Gasteiger partial charge in [0.25, 0.3) is 0 Å². The maximum absolute atomic E-state index is 5.74. The lowest BCUT2D eigenvalue weighted by atomic mass is 9.81. The van der Waals surface area contributed by atoms with Crippen LogP contribution in [0.5, 0.6) is 28.7 Å². The number of ether oxygens (including phenoxy) is 5. The number of fused-ring (bicyclic) bond motifs is 5. The summed E-state index contributed by atoms with van der Waals surface area (Å²) in [5, 5.41) is 0. The number of nitrogens with zero attached hydrogens (tertiary/aromatic N) is 1. The van der Waals surface area contributed by atoms with Gasteiger partial charge >= 0.3 is 0 Å². The molecule has 3 aliphatic rings. The van der Waals surface area contributed by atoms with E-state index in [1.165, 1.54) is 28.0 Å². The van der Waals surface area contributed by atoms with Crippen molar-refractivity contribution in [2.24, 2.45) is 0 Å². The van der Waals surface area contributed by atoms with E-state index >= 15 is 0 Å². The van der Waals surface area contributed by atoms with Gasteiger partial charge in [0.15, 0.2) is 23.0 Å². The molecule has 5 rings (SSSR count). The smallest absolute Gasteiger partial charge is 0.231 e. The lowest BCUT2D eigenvalue weighted by molar-refractivity contribution is 0.174. The summed E-state index contributed by atoms with van der Waals surface area (Å²) < 4.78 is 28.1. The molecule has 0 spiro atoms. The number of methoxy groups -OCH3 is 3. The van der Waals surface area contributed by atoms with E-state index < -0.39 is 0 Å². The Bertz CT molecular complexity index is 1010. The lowest BCUT2D eigenvalue weighted by Gasteiger charge is -2.37. The van der Waals surface area contributed by atoms with Crippen LogP contribution in [0.25, 0.3) is 11.3 Å². The second-order valence-electron chi connectivity index (χ2n) is 7.22. The van der Waals surface area contributed by atoms with Crippen molar-refractivity contribution >= 4 is 11.3 Å². The van der Waals surface area contributed by atoms with Crippen LogP contribution in [0.1, 0.15) is 28.7 Å². The third-order valence-electron chi connectivity index (χ3n) is 5.82. The molecule has 0 saturated heterocycles. The normalized spacial score (nSPS) is 16.4. The summed E-state index contributed by atoms with van der Waals surface area (Å²) in [5.41, 5.74) is 7.35. The zero-order valence-electron chi connectivity index (χ0n) is 16.5. The van der Waals surface area contributed by atoms with E-state index in [2.05, 4.69) is 30.1 Å². The van der Waals surface area contributed by atoms with Crippen LogP contribution in [0.3, 0.4) is 0 Å². The third-order valence-corrected chi connectivity index (χ3v) is 5.82. The van der Waals surface area contributed by atoms with Gasteiger partial charge in [-0.05, 0) is 47.7 Å². The molecule has 2 aromatic carbocycles. The van der Waals surface area contributed by atoms with Crippen molar-refractivity contribution in [3.8, 4) is 28.7 Å². The van der Waals surface area contributed by atoms with Gasteiger partial charge in [-0.2, -0.15) is 0 Å². The molecule has 2 aliphatic heterocycles. The van der Waals surface area contributed by atoms with E-state index in [1.54, 1.807) is 21.3 Å². The minimum atomic E-state index is 0.289. The van der Waals surface area contributed by atoms with Crippen LogP contribution in [0, 0.1) is 0 Å². The van der Waals surface area contributed by atoms with Gasteiger partial charge in [-0.1, -0.05) is 0 Å². The Morgan fingerprint density at radius 1 is 0.857 bits per heavy atom. The van der Waals surface area contributed by atoms with Crippen molar-refractivity contribution in [1.82, 2.24) is 4.90 Å². The lowest BCUT2D eigenvalue weighted by Crippen LogP contribution is -2.26. The average molecular weight is 381 g/mol. The van der Waals surface area contributed by atoms with Crippen molar-refractivity contribution in [2.45, 2.75) is 19.4 Å². The highest BCUT2D eigenvalue weighted by atomic mass is 16.7. The third kappa shape index (κ3) is 2.27. The fourth-order valence-corrected chi connectivity index (χ4v) is 4.61. The molecular formula is C22H23NO5. The summed E-state index contributed by atoms with van der Waals surface area (Å²) in [7, 11) is 7.10. The molecule has 6 nitrogen and oxygen atoms in total. The Labute approximate surface area is 164 Å². The SMILES string of the molecule is COc1cc2c(c(OC)c1OC)CN(C)C1=C2CCc2cc3c(cc21)OCO3. The Morgan fingerprint density at radius 3 is 2.32 bits per heavy atom. The molecule has 0 unspecified atom stereocenters. The highest BCUT2D eigenvalue weighted by Gasteiger charge is 2.34. The molecule has 0 aromatic heterocycles. The van der Waals surface area contributed by atoms with Gasteiger partial charge in [-0.3, -0.25) is 0 Å². The predicted octanol–water partition coefficient (Wildman–Crippen LogP) is 3.70. The second-order valence-corrected chi connectivity index (χ2v) is 7.22. The van der Waals surface area contributed by atoms with Crippen LogP contribution in [0.4, 0.5) is 0 Å². The molecule has 28 heavy (non-hydrogen) atoms. The van der Waals surface area contributed by atoms with Crippen LogP contribution < -0.4 is 23.7 Å². The summed E-state index contributed by atoms with van der Waals surface area (Å²) in [6.07, 6.45) is 1.90. The van der Waals surface area contributed by atoms with Crippen molar-refractivity contribution in [3.63, 3.8) is 0 Å². The summed E-state index contributed by atoms with van der Waals surface area (Å²) in [6.45, 7) is 1.02. The number of allylic oxidation sites excluding steroid dienone is 1. The Balaban J connectivity index is 1.75. The minimum Gasteiger partial charge on any atom is -0.493 e. The zero-order valence-corrected chi connectivity index (χ0v) is 16.5. The monoisotopic (exact) mass is 381 g/mol. The van der Waals surface area contributed by atoms with Crippen molar-refractivity contribution in [3.05, 3.63) is 40.5 Å². The number of benzene rings is 2. The fraction of sp³-hybridized carbons (Fsp3) is 0.364. The van der Waals surface area contributed by atoms with E-state index in [1.807, 2.05) is 0 Å². The molecular weight excluding hydrogens is 358 g/mol. The van der Waals surface area contributed by atoms with Crippen LogP contribution in [0.15, 0.2) is 18.2 Å². The number of aryl methyl sites for hydroxylation is 1. The van der Waals surface area contributed by atoms with Crippen LogP contribution in [-0.2, 0) is 13.0 Å². The summed E-state index contributed by atoms with van der Waals surface area (Å²) in [5.74, 6) is 3.73. The van der Waals surface area contributed by atoms with Gasteiger partial charge in [0, 0.05) is 30.4 Å². The molecule has 6 heteroatoms. The highest BCUT2D eigenvalue weighted by Crippen LogP contribution is 2.52. The molecule has 0 atom stereocenters. The van der Waals surface area contributed by atoms with Gasteiger partial charge in [-0.25, -0.2) is 0 Å². The van der Waals surface area contributed by atoms with Crippen molar-refractivity contribution < 1.29 is 23.7 Å². The summed E-state index contributed by atoms with van der Waals surface area (Å²) in [6, 6.07) is 6.32. The van der Waals surface area contributed by atoms with E-state index in [0.717, 1.165) is 42.2 Å².